The summed E-state index contributed by atoms with van der Waals surface area (Å²) in [5, 5.41) is 0. The smallest absolute Gasteiger partial charge is 0.230 e. The summed E-state index contributed by atoms with van der Waals surface area (Å²) in [7, 11) is 2.17. The molecule has 0 radical (unpaired) electrons. The largest absolute Gasteiger partial charge is 0.259 e. The summed E-state index contributed by atoms with van der Waals surface area (Å²) in [5.74, 6) is 2.19. The van der Waals surface area contributed by atoms with Crippen LogP contribution in [0.1, 0.15) is 82.8 Å². The zero-order valence-electron chi connectivity index (χ0n) is 18.5. The maximum Gasteiger partial charge on any atom is 0.259 e. The van der Waals surface area contributed by atoms with E-state index in [0.29, 0.717) is 11.8 Å². The van der Waals surface area contributed by atoms with E-state index in [2.05, 4.69) is 108 Å². The van der Waals surface area contributed by atoms with Gasteiger partial charge in [-0.05, 0) is 34.9 Å². The molecule has 144 valence electrons. The molecule has 3 rings (SSSR count). The first kappa shape index (κ1) is 19.7. The molecule has 0 fully saturated rings. The van der Waals surface area contributed by atoms with Crippen LogP contribution in [-0.2, 0) is 12.5 Å². The van der Waals surface area contributed by atoms with Crippen molar-refractivity contribution >= 4 is 11.0 Å². The van der Waals surface area contributed by atoms with Gasteiger partial charge in [0.2, 0.25) is 0 Å². The van der Waals surface area contributed by atoms with Crippen molar-refractivity contribution in [3.05, 3.63) is 58.9 Å². The number of para-hydroxylation sites is 2. The highest BCUT2D eigenvalue weighted by molar-refractivity contribution is 5.76. The summed E-state index contributed by atoms with van der Waals surface area (Å²) in [5.41, 5.74) is 8.39. The van der Waals surface area contributed by atoms with Crippen molar-refractivity contribution in [2.45, 2.75) is 72.6 Å². The van der Waals surface area contributed by atoms with Crippen LogP contribution in [0.3, 0.4) is 0 Å². The number of hydrogen-bond acceptors (Lipinski definition) is 0. The van der Waals surface area contributed by atoms with Crippen LogP contribution in [0.5, 0.6) is 0 Å². The molecular weight excluding hydrogens is 328 g/mol. The van der Waals surface area contributed by atoms with Crippen molar-refractivity contribution < 1.29 is 4.57 Å². The highest BCUT2D eigenvalue weighted by atomic mass is 15.2. The lowest BCUT2D eigenvalue weighted by atomic mass is 9.81. The molecule has 0 saturated carbocycles. The summed E-state index contributed by atoms with van der Waals surface area (Å²) in [6, 6.07) is 13.6. The highest BCUT2D eigenvalue weighted by Gasteiger charge is 2.29. The van der Waals surface area contributed by atoms with Gasteiger partial charge in [0.15, 0.2) is 11.0 Å². The van der Waals surface area contributed by atoms with Crippen LogP contribution in [0.25, 0.3) is 16.7 Å². The second kappa shape index (κ2) is 6.82. The van der Waals surface area contributed by atoms with Crippen molar-refractivity contribution in [1.29, 1.82) is 0 Å². The van der Waals surface area contributed by atoms with Crippen molar-refractivity contribution in [1.82, 2.24) is 4.57 Å². The molecular formula is C25H35N2+. The molecule has 0 atom stereocenters. The summed E-state index contributed by atoms with van der Waals surface area (Å²) in [6.45, 7) is 18.4. The molecule has 2 aromatic carbocycles. The Bertz CT molecular complexity index is 952. The lowest BCUT2D eigenvalue weighted by Gasteiger charge is -2.25. The Morgan fingerprint density at radius 2 is 1.41 bits per heavy atom. The van der Waals surface area contributed by atoms with Crippen molar-refractivity contribution in [2.24, 2.45) is 7.05 Å². The van der Waals surface area contributed by atoms with Gasteiger partial charge in [-0.1, -0.05) is 72.7 Å². The Balaban J connectivity index is 2.48. The Labute approximate surface area is 164 Å². The van der Waals surface area contributed by atoms with Gasteiger partial charge >= 0.3 is 0 Å². The number of nitrogens with zero attached hydrogens (tertiary/aromatic N) is 2. The van der Waals surface area contributed by atoms with Crippen molar-refractivity contribution in [2.75, 3.05) is 0 Å². The molecule has 2 heteroatoms. The average Bonchev–Trinajstić information content (AvgIpc) is 2.84. The van der Waals surface area contributed by atoms with Gasteiger partial charge in [-0.2, -0.15) is 4.57 Å². The molecule has 0 spiro atoms. The number of fused-ring (bicyclic) bond motifs is 1. The van der Waals surface area contributed by atoms with Crippen LogP contribution >= 0.6 is 0 Å². The molecule has 1 heterocycles. The summed E-state index contributed by atoms with van der Waals surface area (Å²) in [4.78, 5) is 0. The van der Waals surface area contributed by atoms with Crippen LogP contribution in [0, 0.1) is 6.92 Å². The Morgan fingerprint density at radius 3 is 1.89 bits per heavy atom. The van der Waals surface area contributed by atoms with Crippen LogP contribution in [0.4, 0.5) is 0 Å². The quantitative estimate of drug-likeness (QED) is 0.482. The molecule has 0 unspecified atom stereocenters. The van der Waals surface area contributed by atoms with Crippen LogP contribution in [0.2, 0.25) is 0 Å². The van der Waals surface area contributed by atoms with Gasteiger partial charge < -0.3 is 0 Å². The molecule has 0 bridgehead atoms. The van der Waals surface area contributed by atoms with E-state index in [1.807, 2.05) is 0 Å². The molecule has 0 amide bonds. The van der Waals surface area contributed by atoms with Gasteiger partial charge in [0.25, 0.3) is 5.82 Å². The van der Waals surface area contributed by atoms with E-state index in [4.69, 9.17) is 0 Å². The average molecular weight is 364 g/mol. The predicted molar refractivity (Wildman–Crippen MR) is 116 cm³/mol. The van der Waals surface area contributed by atoms with Gasteiger partial charge in [0.05, 0.1) is 7.05 Å². The summed E-state index contributed by atoms with van der Waals surface area (Å²) in [6.07, 6.45) is 0. The van der Waals surface area contributed by atoms with Crippen molar-refractivity contribution in [3.63, 3.8) is 0 Å². The van der Waals surface area contributed by atoms with Gasteiger partial charge in [0.1, 0.15) is 5.69 Å². The van der Waals surface area contributed by atoms with Crippen molar-refractivity contribution in [3.8, 4) is 5.69 Å². The Morgan fingerprint density at radius 1 is 0.889 bits per heavy atom. The normalized spacial score (nSPS) is 12.6. The molecule has 0 aliphatic rings. The molecule has 0 N–H and O–H groups in total. The fourth-order valence-electron chi connectivity index (χ4n) is 3.97. The van der Waals surface area contributed by atoms with E-state index >= 15 is 0 Å². The van der Waals surface area contributed by atoms with E-state index in [1.54, 1.807) is 0 Å². The maximum absolute atomic E-state index is 2.48. The monoisotopic (exact) mass is 363 g/mol. The fourth-order valence-corrected chi connectivity index (χ4v) is 3.97. The summed E-state index contributed by atoms with van der Waals surface area (Å²) < 4.78 is 4.79. The van der Waals surface area contributed by atoms with E-state index in [-0.39, 0.29) is 5.41 Å². The molecule has 0 aliphatic carbocycles. The fraction of sp³-hybridized carbons (Fsp3) is 0.480. The number of rotatable bonds is 3. The minimum Gasteiger partial charge on any atom is -0.230 e. The third-order valence-electron chi connectivity index (χ3n) is 5.80. The van der Waals surface area contributed by atoms with Crippen LogP contribution in [0.15, 0.2) is 36.4 Å². The second-order valence-corrected chi connectivity index (χ2v) is 9.49. The third kappa shape index (κ3) is 3.31. The highest BCUT2D eigenvalue weighted by Crippen LogP contribution is 2.37. The minimum absolute atomic E-state index is 0.143. The molecule has 0 saturated heterocycles. The maximum atomic E-state index is 2.48. The zero-order chi connectivity index (χ0) is 20.1. The minimum atomic E-state index is 0.143. The van der Waals surface area contributed by atoms with E-state index in [9.17, 15) is 0 Å². The zero-order valence-corrected chi connectivity index (χ0v) is 18.5. The van der Waals surface area contributed by atoms with Gasteiger partial charge in [-0.15, -0.1) is 0 Å². The predicted octanol–water partition coefficient (Wildman–Crippen LogP) is 6.31. The first-order valence-electron chi connectivity index (χ1n) is 10.2. The Kier molecular flexibility index (Phi) is 4.96. The Hall–Kier alpha value is -2.09. The van der Waals surface area contributed by atoms with Crippen LogP contribution < -0.4 is 4.57 Å². The number of imidazole rings is 1. The van der Waals surface area contributed by atoms with E-state index < -0.39 is 0 Å². The molecule has 0 aliphatic heterocycles. The lowest BCUT2D eigenvalue weighted by Crippen LogP contribution is -2.31. The van der Waals surface area contributed by atoms with Gasteiger partial charge in [-0.25, -0.2) is 4.57 Å². The second-order valence-electron chi connectivity index (χ2n) is 9.49. The SMILES string of the molecule is Cc1n(-c2c(C(C)C)cc(C(C)(C)C)cc2C(C)C)c2ccccc2[n+]1C. The molecule has 1 aromatic heterocycles. The number of benzene rings is 2. The first-order valence-corrected chi connectivity index (χ1v) is 10.2. The topological polar surface area (TPSA) is 8.81 Å². The lowest BCUT2D eigenvalue weighted by molar-refractivity contribution is -0.652. The van der Waals surface area contributed by atoms with Gasteiger partial charge in [-0.3, -0.25) is 0 Å². The number of aryl methyl sites for hydroxylation is 1. The first-order chi connectivity index (χ1) is 12.5. The van der Waals surface area contributed by atoms with E-state index in [0.717, 1.165) is 0 Å². The summed E-state index contributed by atoms with van der Waals surface area (Å²) >= 11 is 0. The molecule has 27 heavy (non-hydrogen) atoms. The van der Waals surface area contributed by atoms with Crippen LogP contribution in [-0.4, -0.2) is 4.57 Å². The number of aromatic nitrogens is 2. The van der Waals surface area contributed by atoms with E-state index in [1.165, 1.54) is 39.2 Å². The standard InChI is InChI=1S/C25H35N2/c1-16(2)20-14-19(25(6,7)8)15-21(17(3)4)24(20)27-18(5)26(9)22-12-10-11-13-23(22)27/h10-17H,1-9H3/q+1. The molecule has 2 nitrogen and oxygen atoms in total. The number of hydrogen-bond donors (Lipinski definition) is 0. The third-order valence-corrected chi connectivity index (χ3v) is 5.80. The van der Waals surface area contributed by atoms with Gasteiger partial charge in [0, 0.05) is 18.1 Å². The molecule has 3 aromatic rings.